The van der Waals surface area contributed by atoms with Crippen LogP contribution in [0.2, 0.25) is 0 Å². The first-order valence-corrected chi connectivity index (χ1v) is 8.81. The van der Waals surface area contributed by atoms with Crippen LogP contribution in [-0.2, 0) is 23.1 Å². The largest absolute Gasteiger partial charge is 0.482 e. The zero-order valence-corrected chi connectivity index (χ0v) is 15.6. The van der Waals surface area contributed by atoms with Gasteiger partial charge in [0.15, 0.2) is 5.31 Å². The van der Waals surface area contributed by atoms with Gasteiger partial charge in [0, 0.05) is 26.3 Å². The fourth-order valence-electron chi connectivity index (χ4n) is 2.25. The van der Waals surface area contributed by atoms with Crippen molar-refractivity contribution in [2.24, 2.45) is 0 Å². The van der Waals surface area contributed by atoms with Gasteiger partial charge in [-0.15, -0.1) is 0 Å². The minimum atomic E-state index is -3.91. The summed E-state index contributed by atoms with van der Waals surface area (Å²) < 4.78 is 27.9. The van der Waals surface area contributed by atoms with Crippen molar-refractivity contribution >= 4 is 13.5 Å². The van der Waals surface area contributed by atoms with Crippen LogP contribution < -0.4 is 0 Å². The van der Waals surface area contributed by atoms with Gasteiger partial charge < -0.3 is 18.7 Å². The normalized spacial score (nSPS) is 12.5. The summed E-state index contributed by atoms with van der Waals surface area (Å²) in [7, 11) is -1.57. The molecular formula is C15H25N2O5P. The smallest absolute Gasteiger partial charge is 0.374 e. The molecule has 0 rings (SSSR count). The van der Waals surface area contributed by atoms with E-state index < -0.39 is 7.60 Å². The first-order valence-electron chi connectivity index (χ1n) is 7.26. The molecule has 0 saturated heterocycles. The first-order chi connectivity index (χ1) is 10.7. The van der Waals surface area contributed by atoms with Crippen molar-refractivity contribution in [2.45, 2.75) is 46.7 Å². The van der Waals surface area contributed by atoms with E-state index in [4.69, 9.17) is 13.8 Å². The van der Waals surface area contributed by atoms with Crippen LogP contribution in [0.3, 0.4) is 0 Å². The number of carbonyl (C=O) groups excluding carboxylic acids is 1. The van der Waals surface area contributed by atoms with Gasteiger partial charge in [-0.1, -0.05) is 0 Å². The Kier molecular flexibility index (Phi) is 8.89. The van der Waals surface area contributed by atoms with Crippen LogP contribution in [0.1, 0.15) is 34.6 Å². The quantitative estimate of drug-likeness (QED) is 0.209. The molecule has 0 aliphatic rings. The van der Waals surface area contributed by atoms with E-state index in [1.54, 1.807) is 17.8 Å². The molecule has 0 fully saturated rings. The van der Waals surface area contributed by atoms with Gasteiger partial charge in [-0.3, -0.25) is 4.57 Å². The molecule has 0 aromatic heterocycles. The molecule has 130 valence electrons. The van der Waals surface area contributed by atoms with Gasteiger partial charge in [-0.25, -0.2) is 4.79 Å². The van der Waals surface area contributed by atoms with Gasteiger partial charge in [0.05, 0.1) is 6.61 Å². The molecule has 0 aromatic carbocycles. The summed E-state index contributed by atoms with van der Waals surface area (Å²) in [6.45, 7) is 9.46. The van der Waals surface area contributed by atoms with Gasteiger partial charge in [0.25, 0.3) is 0 Å². The van der Waals surface area contributed by atoms with E-state index in [9.17, 15) is 14.6 Å². The molecule has 0 spiro atoms. The molecule has 0 aliphatic carbocycles. The third-order valence-corrected chi connectivity index (χ3v) is 4.86. The Morgan fingerprint density at radius 2 is 1.65 bits per heavy atom. The highest BCUT2D eigenvalue weighted by atomic mass is 31.2. The lowest BCUT2D eigenvalue weighted by atomic mass is 10.1. The summed E-state index contributed by atoms with van der Waals surface area (Å²) in [5.41, 5.74) is 0.0846. The summed E-state index contributed by atoms with van der Waals surface area (Å²) >= 11 is 0. The standard InChI is InChI=1S/C15H25N2O5P/c1-8-22-13(9-16)15(17(11(2)3)12(4)5)14(10-18)23(19,20-6)21-7/h11-12H,8H2,1-7H3. The van der Waals surface area contributed by atoms with E-state index in [-0.39, 0.29) is 35.5 Å². The molecule has 23 heavy (non-hydrogen) atoms. The monoisotopic (exact) mass is 344 g/mol. The summed E-state index contributed by atoms with van der Waals surface area (Å²) in [4.78, 5) is 13.3. The number of nitriles is 1. The van der Waals surface area contributed by atoms with Crippen molar-refractivity contribution < 1.29 is 23.1 Å². The van der Waals surface area contributed by atoms with Crippen molar-refractivity contribution in [3.63, 3.8) is 0 Å². The molecule has 0 amide bonds. The zero-order chi connectivity index (χ0) is 18.2. The number of rotatable bonds is 9. The molecule has 0 atom stereocenters. The van der Waals surface area contributed by atoms with Crippen LogP contribution in [0.25, 0.3) is 0 Å². The highest BCUT2D eigenvalue weighted by Gasteiger charge is 2.38. The van der Waals surface area contributed by atoms with Crippen molar-refractivity contribution in [1.29, 1.82) is 5.26 Å². The van der Waals surface area contributed by atoms with Gasteiger partial charge in [0.2, 0.25) is 5.76 Å². The van der Waals surface area contributed by atoms with E-state index in [1.807, 2.05) is 33.8 Å². The number of allylic oxidation sites excluding steroid dienone is 2. The molecule has 0 bridgehead atoms. The second kappa shape index (κ2) is 9.54. The molecule has 7 nitrogen and oxygen atoms in total. The number of hydrogen-bond acceptors (Lipinski definition) is 7. The van der Waals surface area contributed by atoms with Crippen molar-refractivity contribution in [1.82, 2.24) is 4.90 Å². The minimum Gasteiger partial charge on any atom is -0.482 e. The molecule has 0 saturated carbocycles. The molecule has 0 aromatic rings. The van der Waals surface area contributed by atoms with Crippen LogP contribution in [0.5, 0.6) is 0 Å². The second-order valence-corrected chi connectivity index (χ2v) is 7.30. The van der Waals surface area contributed by atoms with E-state index in [0.717, 1.165) is 0 Å². The van der Waals surface area contributed by atoms with Crippen LogP contribution in [0.4, 0.5) is 0 Å². The minimum absolute atomic E-state index is 0.0846. The summed E-state index contributed by atoms with van der Waals surface area (Å²) in [6, 6.07) is 1.72. The molecular weight excluding hydrogens is 319 g/mol. The maximum absolute atomic E-state index is 12.7. The number of ether oxygens (including phenoxy) is 1. The van der Waals surface area contributed by atoms with E-state index in [0.29, 0.717) is 0 Å². The fraction of sp³-hybridized carbons (Fsp3) is 0.667. The Hall–Kier alpha value is -1.57. The average Bonchev–Trinajstić information content (AvgIpc) is 2.51. The van der Waals surface area contributed by atoms with Crippen LogP contribution >= 0.6 is 7.60 Å². The van der Waals surface area contributed by atoms with Gasteiger partial charge in [-0.05, 0) is 34.6 Å². The van der Waals surface area contributed by atoms with Crippen LogP contribution in [0, 0.1) is 11.3 Å². The second-order valence-electron chi connectivity index (χ2n) is 5.13. The number of nitrogens with zero attached hydrogens (tertiary/aromatic N) is 2. The molecule has 0 heterocycles. The fourth-order valence-corrected chi connectivity index (χ4v) is 3.35. The SMILES string of the molecule is CCOC(C#N)=C(C(=C=O)P(=O)(OC)OC)N(C(C)C)C(C)C. The van der Waals surface area contributed by atoms with Gasteiger partial charge in [-0.2, -0.15) is 5.26 Å². The van der Waals surface area contributed by atoms with Crippen LogP contribution in [0.15, 0.2) is 16.8 Å². The molecule has 0 N–H and O–H groups in total. The predicted molar refractivity (Wildman–Crippen MR) is 87.2 cm³/mol. The van der Waals surface area contributed by atoms with Gasteiger partial charge >= 0.3 is 7.60 Å². The lowest BCUT2D eigenvalue weighted by molar-refractivity contribution is 0.192. The summed E-state index contributed by atoms with van der Waals surface area (Å²) in [5, 5.41) is 9.07. The molecule has 0 radical (unpaired) electrons. The van der Waals surface area contributed by atoms with Crippen molar-refractivity contribution in [3.8, 4) is 6.07 Å². The molecule has 8 heteroatoms. The Morgan fingerprint density at radius 1 is 1.17 bits per heavy atom. The Morgan fingerprint density at radius 3 is 1.91 bits per heavy atom. The molecule has 0 unspecified atom stereocenters. The Bertz CT molecular complexity index is 555. The number of hydrogen-bond donors (Lipinski definition) is 0. The summed E-state index contributed by atoms with van der Waals surface area (Å²) in [6.07, 6.45) is 0. The highest BCUT2D eigenvalue weighted by Crippen LogP contribution is 2.57. The van der Waals surface area contributed by atoms with E-state index >= 15 is 0 Å². The van der Waals surface area contributed by atoms with Gasteiger partial charge in [0.1, 0.15) is 17.7 Å². The summed E-state index contributed by atoms with van der Waals surface area (Å²) in [5.74, 6) is 1.51. The van der Waals surface area contributed by atoms with Crippen molar-refractivity contribution in [3.05, 3.63) is 16.8 Å². The average molecular weight is 344 g/mol. The maximum Gasteiger partial charge on any atom is 0.374 e. The van der Waals surface area contributed by atoms with E-state index in [2.05, 4.69) is 0 Å². The first kappa shape index (κ1) is 21.4. The lowest BCUT2D eigenvalue weighted by Crippen LogP contribution is -2.38. The van der Waals surface area contributed by atoms with Crippen LogP contribution in [-0.4, -0.2) is 43.8 Å². The highest BCUT2D eigenvalue weighted by molar-refractivity contribution is 7.59. The Labute approximate surface area is 138 Å². The third kappa shape index (κ3) is 4.95. The Balaban J connectivity index is 6.66. The lowest BCUT2D eigenvalue weighted by Gasteiger charge is -2.36. The molecule has 0 aliphatic heterocycles. The van der Waals surface area contributed by atoms with Crippen molar-refractivity contribution in [2.75, 3.05) is 20.8 Å². The third-order valence-electron chi connectivity index (χ3n) is 3.05. The predicted octanol–water partition coefficient (Wildman–Crippen LogP) is 3.08. The van der Waals surface area contributed by atoms with E-state index in [1.165, 1.54) is 14.2 Å². The maximum atomic E-state index is 12.7. The zero-order valence-electron chi connectivity index (χ0n) is 14.7. The topological polar surface area (TPSA) is 88.9 Å².